The minimum atomic E-state index is -1.36. The normalized spacial score (nSPS) is 16.5. The van der Waals surface area contributed by atoms with Gasteiger partial charge in [0.2, 0.25) is 0 Å². The van der Waals surface area contributed by atoms with Crippen molar-refractivity contribution in [1.82, 2.24) is 0 Å². The van der Waals surface area contributed by atoms with Gasteiger partial charge >= 0.3 is 0 Å². The molecule has 2 unspecified atom stereocenters. The van der Waals surface area contributed by atoms with Gasteiger partial charge in [0, 0.05) is 5.56 Å². The summed E-state index contributed by atoms with van der Waals surface area (Å²) in [5.74, 6) is -0.693. The van der Waals surface area contributed by atoms with Crippen LogP contribution in [-0.4, -0.2) is 28.2 Å². The van der Waals surface area contributed by atoms with Crippen molar-refractivity contribution in [3.05, 3.63) is 35.9 Å². The third-order valence-electron chi connectivity index (χ3n) is 2.85. The maximum absolute atomic E-state index is 12.1. The van der Waals surface area contributed by atoms with Gasteiger partial charge in [0.15, 0.2) is 5.78 Å². The first-order valence-electron chi connectivity index (χ1n) is 5.45. The molecule has 0 bridgehead atoms. The number of carbonyl (C=O) groups is 1. The van der Waals surface area contributed by atoms with Gasteiger partial charge in [-0.15, -0.1) is 0 Å². The smallest absolute Gasteiger partial charge is 0.168 e. The lowest BCUT2D eigenvalue weighted by Crippen LogP contribution is -2.42. The fourth-order valence-corrected chi connectivity index (χ4v) is 1.82. The lowest BCUT2D eigenvalue weighted by Gasteiger charge is -2.29. The minimum absolute atomic E-state index is 0.123. The van der Waals surface area contributed by atoms with Crippen molar-refractivity contribution < 1.29 is 15.0 Å². The Balaban J connectivity index is 2.95. The highest BCUT2D eigenvalue weighted by atomic mass is 16.3. The number of benzene rings is 1. The van der Waals surface area contributed by atoms with Crippen LogP contribution in [0.25, 0.3) is 0 Å². The van der Waals surface area contributed by atoms with E-state index in [4.69, 9.17) is 5.11 Å². The van der Waals surface area contributed by atoms with Crippen LogP contribution in [0.3, 0.4) is 0 Å². The van der Waals surface area contributed by atoms with Gasteiger partial charge in [-0.3, -0.25) is 4.79 Å². The van der Waals surface area contributed by atoms with Crippen LogP contribution in [0.5, 0.6) is 0 Å². The molecule has 0 amide bonds. The molecule has 0 aliphatic carbocycles. The van der Waals surface area contributed by atoms with E-state index in [0.29, 0.717) is 12.0 Å². The van der Waals surface area contributed by atoms with E-state index >= 15 is 0 Å². The Morgan fingerprint density at radius 1 is 1.38 bits per heavy atom. The quantitative estimate of drug-likeness (QED) is 0.745. The van der Waals surface area contributed by atoms with Crippen molar-refractivity contribution in [2.45, 2.75) is 25.9 Å². The van der Waals surface area contributed by atoms with E-state index < -0.39 is 18.1 Å². The van der Waals surface area contributed by atoms with E-state index in [1.165, 1.54) is 6.92 Å². The molecule has 0 saturated carbocycles. The predicted octanol–water partition coefficient (Wildman–Crippen LogP) is 1.64. The third-order valence-corrected chi connectivity index (χ3v) is 2.85. The Bertz CT molecular complexity index is 343. The molecule has 16 heavy (non-hydrogen) atoms. The molecule has 0 saturated heterocycles. The van der Waals surface area contributed by atoms with E-state index in [2.05, 4.69) is 0 Å². The standard InChI is InChI=1S/C13H18O3/c1-3-11(13(2,16)9-14)12(15)10-7-5-4-6-8-10/h4-8,11,14,16H,3,9H2,1-2H3. The summed E-state index contributed by atoms with van der Waals surface area (Å²) in [4.78, 5) is 12.1. The summed E-state index contributed by atoms with van der Waals surface area (Å²) in [5.41, 5.74) is -0.787. The molecular weight excluding hydrogens is 204 g/mol. The van der Waals surface area contributed by atoms with E-state index in [1.54, 1.807) is 24.3 Å². The highest BCUT2D eigenvalue weighted by Crippen LogP contribution is 2.24. The van der Waals surface area contributed by atoms with E-state index in [1.807, 2.05) is 13.0 Å². The monoisotopic (exact) mass is 222 g/mol. The predicted molar refractivity (Wildman–Crippen MR) is 62.3 cm³/mol. The number of hydrogen-bond donors (Lipinski definition) is 2. The zero-order valence-corrected chi connectivity index (χ0v) is 9.68. The highest BCUT2D eigenvalue weighted by Gasteiger charge is 2.35. The molecule has 0 aliphatic heterocycles. The van der Waals surface area contributed by atoms with Crippen LogP contribution in [0.4, 0.5) is 0 Å². The van der Waals surface area contributed by atoms with Crippen molar-refractivity contribution in [3.63, 3.8) is 0 Å². The molecule has 0 aliphatic rings. The molecule has 0 heterocycles. The Kier molecular flexibility index (Phi) is 4.21. The SMILES string of the molecule is CCC(C(=O)c1ccccc1)C(C)(O)CO. The van der Waals surface area contributed by atoms with Gasteiger partial charge in [-0.25, -0.2) is 0 Å². The summed E-state index contributed by atoms with van der Waals surface area (Å²) in [6.45, 7) is 2.90. The molecule has 1 rings (SSSR count). The summed E-state index contributed by atoms with van der Waals surface area (Å²) in [5, 5.41) is 19.0. The fraction of sp³-hybridized carbons (Fsp3) is 0.462. The van der Waals surface area contributed by atoms with Crippen molar-refractivity contribution >= 4 is 5.78 Å². The average molecular weight is 222 g/mol. The first-order valence-corrected chi connectivity index (χ1v) is 5.45. The number of ketones is 1. The van der Waals surface area contributed by atoms with Crippen LogP contribution in [0, 0.1) is 5.92 Å². The Labute approximate surface area is 95.7 Å². The fourth-order valence-electron chi connectivity index (χ4n) is 1.82. The topological polar surface area (TPSA) is 57.5 Å². The zero-order valence-electron chi connectivity index (χ0n) is 9.68. The largest absolute Gasteiger partial charge is 0.393 e. The second kappa shape index (κ2) is 5.23. The number of aliphatic hydroxyl groups excluding tert-OH is 1. The molecule has 1 aromatic rings. The molecule has 2 atom stereocenters. The van der Waals surface area contributed by atoms with E-state index in [0.717, 1.165) is 0 Å². The Morgan fingerprint density at radius 2 is 1.94 bits per heavy atom. The molecule has 0 fully saturated rings. The molecule has 88 valence electrons. The molecule has 0 aromatic heterocycles. The number of hydrogen-bond acceptors (Lipinski definition) is 3. The van der Waals surface area contributed by atoms with Gasteiger partial charge < -0.3 is 10.2 Å². The maximum Gasteiger partial charge on any atom is 0.168 e. The van der Waals surface area contributed by atoms with Crippen LogP contribution in [0.1, 0.15) is 30.6 Å². The Morgan fingerprint density at radius 3 is 2.38 bits per heavy atom. The van der Waals surface area contributed by atoms with Gasteiger partial charge in [0.25, 0.3) is 0 Å². The lowest BCUT2D eigenvalue weighted by atomic mass is 9.82. The van der Waals surface area contributed by atoms with Gasteiger partial charge in [0.1, 0.15) is 0 Å². The van der Waals surface area contributed by atoms with Crippen molar-refractivity contribution in [1.29, 1.82) is 0 Å². The average Bonchev–Trinajstić information content (AvgIpc) is 2.30. The molecule has 2 N–H and O–H groups in total. The lowest BCUT2D eigenvalue weighted by molar-refractivity contribution is -0.0380. The maximum atomic E-state index is 12.1. The summed E-state index contributed by atoms with van der Waals surface area (Å²) in [7, 11) is 0. The van der Waals surface area contributed by atoms with Crippen LogP contribution >= 0.6 is 0 Å². The molecular formula is C13H18O3. The number of Topliss-reactive ketones (excluding diaryl/α,β-unsaturated/α-hetero) is 1. The van der Waals surface area contributed by atoms with Crippen LogP contribution in [-0.2, 0) is 0 Å². The first kappa shape index (κ1) is 12.9. The second-order valence-corrected chi connectivity index (χ2v) is 4.21. The van der Waals surface area contributed by atoms with Gasteiger partial charge in [-0.1, -0.05) is 37.3 Å². The molecule has 3 nitrogen and oxygen atoms in total. The number of rotatable bonds is 5. The van der Waals surface area contributed by atoms with Crippen molar-refractivity contribution in [3.8, 4) is 0 Å². The second-order valence-electron chi connectivity index (χ2n) is 4.21. The Hall–Kier alpha value is -1.19. The minimum Gasteiger partial charge on any atom is -0.393 e. The molecule has 3 heteroatoms. The van der Waals surface area contributed by atoms with E-state index in [9.17, 15) is 9.90 Å². The summed E-state index contributed by atoms with van der Waals surface area (Å²) in [6.07, 6.45) is 0.501. The molecule has 0 spiro atoms. The molecule has 0 radical (unpaired) electrons. The van der Waals surface area contributed by atoms with Crippen LogP contribution in [0.15, 0.2) is 30.3 Å². The zero-order chi connectivity index (χ0) is 12.2. The molecule has 1 aromatic carbocycles. The summed E-state index contributed by atoms with van der Waals surface area (Å²) in [6, 6.07) is 8.85. The van der Waals surface area contributed by atoms with E-state index in [-0.39, 0.29) is 5.78 Å². The number of carbonyl (C=O) groups excluding carboxylic acids is 1. The van der Waals surface area contributed by atoms with Gasteiger partial charge in [-0.2, -0.15) is 0 Å². The van der Waals surface area contributed by atoms with Crippen LogP contribution in [0.2, 0.25) is 0 Å². The summed E-state index contributed by atoms with van der Waals surface area (Å²) >= 11 is 0. The van der Waals surface area contributed by atoms with Gasteiger partial charge in [-0.05, 0) is 13.3 Å². The van der Waals surface area contributed by atoms with Crippen molar-refractivity contribution in [2.75, 3.05) is 6.61 Å². The number of aliphatic hydroxyl groups is 2. The highest BCUT2D eigenvalue weighted by molar-refractivity contribution is 5.98. The summed E-state index contributed by atoms with van der Waals surface area (Å²) < 4.78 is 0. The van der Waals surface area contributed by atoms with Crippen molar-refractivity contribution in [2.24, 2.45) is 5.92 Å². The first-order chi connectivity index (χ1) is 7.53. The van der Waals surface area contributed by atoms with Gasteiger partial charge in [0.05, 0.1) is 18.1 Å². The third kappa shape index (κ3) is 2.68. The van der Waals surface area contributed by atoms with Crippen LogP contribution < -0.4 is 0 Å².